The molecule has 0 aliphatic carbocycles. The van der Waals surface area contributed by atoms with Gasteiger partial charge in [0.2, 0.25) is 10.0 Å². The van der Waals surface area contributed by atoms with Crippen LogP contribution in [0.5, 0.6) is 5.75 Å². The molecule has 4 aromatic carbocycles. The van der Waals surface area contributed by atoms with Gasteiger partial charge in [0, 0.05) is 30.6 Å². The van der Waals surface area contributed by atoms with Crippen LogP contribution in [0.4, 0.5) is 10.5 Å². The zero-order valence-corrected chi connectivity index (χ0v) is 22.2. The number of nitrogens with zero attached hydrogens (tertiary/aromatic N) is 1. The number of fused-ring (bicyclic) bond motifs is 1. The van der Waals surface area contributed by atoms with Crippen LogP contribution in [0, 0.1) is 0 Å². The fourth-order valence-corrected chi connectivity index (χ4v) is 5.50. The van der Waals surface area contributed by atoms with E-state index >= 15 is 0 Å². The Morgan fingerprint density at radius 2 is 1.69 bits per heavy atom. The van der Waals surface area contributed by atoms with E-state index in [0.717, 1.165) is 16.6 Å². The van der Waals surface area contributed by atoms with Crippen molar-refractivity contribution in [3.05, 3.63) is 102 Å². The minimum absolute atomic E-state index is 0.00675. The summed E-state index contributed by atoms with van der Waals surface area (Å²) in [6.45, 7) is 0.0609. The van der Waals surface area contributed by atoms with Gasteiger partial charge in [0.1, 0.15) is 18.4 Å². The minimum Gasteiger partial charge on any atom is -0.480 e. The Kier molecular flexibility index (Phi) is 8.48. The van der Waals surface area contributed by atoms with E-state index in [1.165, 1.54) is 18.2 Å². The lowest BCUT2D eigenvalue weighted by Gasteiger charge is -2.19. The molecule has 9 nitrogen and oxygen atoms in total. The number of aliphatic carboxylic acids is 1. The number of hydrogen-bond donors (Lipinski definition) is 2. The van der Waals surface area contributed by atoms with Crippen LogP contribution in [0.2, 0.25) is 0 Å². The van der Waals surface area contributed by atoms with E-state index < -0.39 is 28.2 Å². The molecular formula is C29H28N2O7S. The van der Waals surface area contributed by atoms with Gasteiger partial charge in [-0.05, 0) is 41.8 Å². The Balaban J connectivity index is 1.44. The zero-order valence-electron chi connectivity index (χ0n) is 21.4. The number of carboxylic acid groups (broad SMARTS) is 1. The lowest BCUT2D eigenvalue weighted by Crippen LogP contribution is -2.42. The predicted molar refractivity (Wildman–Crippen MR) is 147 cm³/mol. The Labute approximate surface area is 226 Å². The van der Waals surface area contributed by atoms with Crippen molar-refractivity contribution in [2.45, 2.75) is 24.0 Å². The number of rotatable bonds is 10. The van der Waals surface area contributed by atoms with Gasteiger partial charge >= 0.3 is 12.1 Å². The highest BCUT2D eigenvalue weighted by Crippen LogP contribution is 2.30. The number of anilines is 1. The predicted octanol–water partition coefficient (Wildman–Crippen LogP) is 4.60. The third-order valence-corrected chi connectivity index (χ3v) is 7.52. The third kappa shape index (κ3) is 6.92. The number of carbonyl (C=O) groups excluding carboxylic acids is 1. The zero-order chi connectivity index (χ0) is 28.0. The normalized spacial score (nSPS) is 12.1. The minimum atomic E-state index is -4.18. The third-order valence-electron chi connectivity index (χ3n) is 5.99. The van der Waals surface area contributed by atoms with Gasteiger partial charge in [0.25, 0.3) is 0 Å². The summed E-state index contributed by atoms with van der Waals surface area (Å²) in [5.74, 6) is -1.12. The van der Waals surface area contributed by atoms with Crippen LogP contribution >= 0.6 is 0 Å². The van der Waals surface area contributed by atoms with Gasteiger partial charge < -0.3 is 19.5 Å². The van der Waals surface area contributed by atoms with E-state index in [9.17, 15) is 23.1 Å². The summed E-state index contributed by atoms with van der Waals surface area (Å²) in [5.41, 5.74) is 2.18. The van der Waals surface area contributed by atoms with Gasteiger partial charge in [-0.1, -0.05) is 66.7 Å². The number of nitrogens with one attached hydrogen (secondary N) is 1. The molecule has 39 heavy (non-hydrogen) atoms. The summed E-state index contributed by atoms with van der Waals surface area (Å²) < 4.78 is 39.2. The molecule has 0 radical (unpaired) electrons. The SMILES string of the molecule is CN(C)c1cccc2c(S(=O)(=O)N[14C@@H]([14CH2][14c]3[14cH][14cH][14c](OC(=O)OCc4ccccc4)[14cH][14cH]3)[14C](=O)O)cccc12. The standard InChI is InChI=1S/C29H28N2O7S/c1-31(2)26-12-6-11-24-23(26)10-7-13-27(24)39(35,36)30-25(28(32)33)18-20-14-16-22(17-15-20)38-29(34)37-19-21-8-4-3-5-9-21/h3-17,25,30H,18-19H2,1-2H3,(H,32,33)/t25-/m0/s1/i14+2,15+2,16+2,17+2,18+2,20+2,22+2,25+2,28+2. The molecule has 0 heterocycles. The summed E-state index contributed by atoms with van der Waals surface area (Å²) in [5, 5.41) is 11.0. The molecule has 0 bridgehead atoms. The summed E-state index contributed by atoms with van der Waals surface area (Å²) >= 11 is 0. The summed E-state index contributed by atoms with van der Waals surface area (Å²) in [7, 11) is -0.463. The second-order valence-corrected chi connectivity index (χ2v) is 10.7. The Bertz CT molecular complexity index is 1570. The quantitative estimate of drug-likeness (QED) is 0.211. The van der Waals surface area contributed by atoms with Crippen molar-refractivity contribution in [1.82, 2.24) is 4.72 Å². The van der Waals surface area contributed by atoms with E-state index in [2.05, 4.69) is 4.72 Å². The molecule has 0 saturated heterocycles. The molecular weight excluding hydrogens is 538 g/mol. The van der Waals surface area contributed by atoms with Crippen molar-refractivity contribution < 1.29 is 32.6 Å². The van der Waals surface area contributed by atoms with Crippen LogP contribution in [-0.4, -0.2) is 45.8 Å². The molecule has 0 aromatic heterocycles. The molecule has 2 N–H and O–H groups in total. The van der Waals surface area contributed by atoms with Gasteiger partial charge in [-0.2, -0.15) is 4.72 Å². The molecule has 0 fully saturated rings. The average Bonchev–Trinajstić information content (AvgIpc) is 2.92. The van der Waals surface area contributed by atoms with Crippen LogP contribution in [0.3, 0.4) is 0 Å². The van der Waals surface area contributed by atoms with Crippen molar-refractivity contribution in [2.24, 2.45) is 0 Å². The maximum absolute atomic E-state index is 13.3. The van der Waals surface area contributed by atoms with E-state index in [1.807, 2.05) is 61.5 Å². The molecule has 0 aliphatic rings. The van der Waals surface area contributed by atoms with Gasteiger partial charge in [-0.25, -0.2) is 13.2 Å². The molecule has 0 saturated carbocycles. The number of ether oxygens (including phenoxy) is 2. The lowest BCUT2D eigenvalue weighted by atomic mass is 10.1. The van der Waals surface area contributed by atoms with Crippen LogP contribution in [0.25, 0.3) is 10.8 Å². The first-order valence-corrected chi connectivity index (χ1v) is 13.5. The van der Waals surface area contributed by atoms with Crippen LogP contribution in [0.1, 0.15) is 11.1 Å². The number of carboxylic acids is 1. The first kappa shape index (κ1) is 27.6. The largest absolute Gasteiger partial charge is 0.514 e. The van der Waals surface area contributed by atoms with Crippen LogP contribution in [-0.2, 0) is 32.6 Å². The maximum Gasteiger partial charge on any atom is 0.514 e. The number of sulfonamides is 1. The molecule has 0 spiro atoms. The highest BCUT2D eigenvalue weighted by molar-refractivity contribution is 7.89. The Morgan fingerprint density at radius 3 is 2.36 bits per heavy atom. The van der Waals surface area contributed by atoms with E-state index in [-0.39, 0.29) is 23.7 Å². The van der Waals surface area contributed by atoms with Gasteiger partial charge in [0.05, 0.1) is 4.90 Å². The van der Waals surface area contributed by atoms with E-state index in [0.29, 0.717) is 10.9 Å². The van der Waals surface area contributed by atoms with Gasteiger partial charge in [-0.15, -0.1) is 0 Å². The lowest BCUT2D eigenvalue weighted by molar-refractivity contribution is -0.138. The molecule has 202 valence electrons. The topological polar surface area (TPSA) is 122 Å². The fraction of sp³-hybridized carbons (Fsp3) is 0.172. The Morgan fingerprint density at radius 1 is 1.03 bits per heavy atom. The fourth-order valence-electron chi connectivity index (χ4n) is 4.09. The molecule has 1 atom stereocenters. The summed E-state index contributed by atoms with van der Waals surface area (Å²) in [6, 6.07) is 24.0. The number of carbonyl (C=O) groups is 2. The molecule has 0 aliphatic heterocycles. The van der Waals surface area contributed by atoms with Crippen molar-refractivity contribution >= 4 is 38.6 Å². The van der Waals surface area contributed by atoms with Crippen molar-refractivity contribution in [1.29, 1.82) is 0 Å². The number of hydrogen-bond acceptors (Lipinski definition) is 7. The molecule has 4 rings (SSSR count). The van der Waals surface area contributed by atoms with Crippen molar-refractivity contribution in [3.63, 3.8) is 0 Å². The van der Waals surface area contributed by atoms with Crippen molar-refractivity contribution in [2.75, 3.05) is 19.0 Å². The monoisotopic (exact) mass is 566 g/mol. The molecule has 4 aromatic rings. The first-order valence-electron chi connectivity index (χ1n) is 12.1. The molecule has 10 heteroatoms. The number of benzene rings is 4. The first-order chi connectivity index (χ1) is 18.6. The molecule has 0 amide bonds. The Hall–Kier alpha value is -4.41. The van der Waals surface area contributed by atoms with E-state index in [4.69, 9.17) is 9.47 Å². The molecule has 0 unspecified atom stereocenters. The smallest absolute Gasteiger partial charge is 0.480 e. The second-order valence-electron chi connectivity index (χ2n) is 9.01. The maximum atomic E-state index is 13.3. The van der Waals surface area contributed by atoms with Crippen LogP contribution < -0.4 is 14.4 Å². The summed E-state index contributed by atoms with van der Waals surface area (Å²) in [4.78, 5) is 25.9. The average molecular weight is 567 g/mol. The highest BCUT2D eigenvalue weighted by atomic mass is 32.2. The van der Waals surface area contributed by atoms with Gasteiger partial charge in [-0.3, -0.25) is 4.79 Å². The summed E-state index contributed by atoms with van der Waals surface area (Å²) in [6.07, 6.45) is -1.00. The van der Waals surface area contributed by atoms with Crippen LogP contribution in [0.15, 0.2) is 95.9 Å². The van der Waals surface area contributed by atoms with Crippen molar-refractivity contribution in [3.8, 4) is 5.75 Å². The van der Waals surface area contributed by atoms with E-state index in [1.54, 1.807) is 30.3 Å². The second kappa shape index (κ2) is 12.0. The van der Waals surface area contributed by atoms with Gasteiger partial charge in [0.15, 0.2) is 0 Å². The highest BCUT2D eigenvalue weighted by Gasteiger charge is 2.27.